The first kappa shape index (κ1) is 8.53. The van der Waals surface area contributed by atoms with Crippen LogP contribution in [0, 0.1) is 0 Å². The predicted molar refractivity (Wildman–Crippen MR) is 57.2 cm³/mol. The van der Waals surface area contributed by atoms with Crippen LogP contribution < -0.4 is 0 Å². The molecule has 76 valence electrons. The fourth-order valence-electron chi connectivity index (χ4n) is 1.98. The Morgan fingerprint density at radius 3 is 2.87 bits per heavy atom. The lowest BCUT2D eigenvalue weighted by Crippen LogP contribution is -1.95. The minimum atomic E-state index is -0.859. The van der Waals surface area contributed by atoms with Crippen LogP contribution in [0.2, 0.25) is 0 Å². The topological polar surface area (TPSA) is 53.1 Å². The van der Waals surface area contributed by atoms with Crippen LogP contribution in [0.15, 0.2) is 24.3 Å². The molecule has 1 aliphatic carbocycles. The molecule has 3 nitrogen and oxygen atoms in total. The summed E-state index contributed by atoms with van der Waals surface area (Å²) < 4.78 is 0. The minimum Gasteiger partial charge on any atom is -0.478 e. The number of carboxylic acids is 1. The Labute approximate surface area is 86.7 Å². The molecule has 1 aliphatic rings. The van der Waals surface area contributed by atoms with Gasteiger partial charge in [-0.15, -0.1) is 0 Å². The summed E-state index contributed by atoms with van der Waals surface area (Å²) in [6.07, 6.45) is 2.43. The maximum Gasteiger partial charge on any atom is 0.336 e. The number of rotatable bonds is 2. The summed E-state index contributed by atoms with van der Waals surface area (Å²) in [4.78, 5) is 14.3. The zero-order valence-corrected chi connectivity index (χ0v) is 8.16. The monoisotopic (exact) mass is 201 g/mol. The molecule has 1 aromatic heterocycles. The van der Waals surface area contributed by atoms with Gasteiger partial charge in [-0.05, 0) is 37.0 Å². The Hall–Kier alpha value is -1.77. The van der Waals surface area contributed by atoms with Gasteiger partial charge in [-0.2, -0.15) is 0 Å². The lowest BCUT2D eigenvalue weighted by Gasteiger charge is -1.94. The van der Waals surface area contributed by atoms with E-state index in [1.165, 1.54) is 18.5 Å². The Bertz CT molecular complexity index is 538. The summed E-state index contributed by atoms with van der Waals surface area (Å²) in [5, 5.41) is 9.86. The largest absolute Gasteiger partial charge is 0.478 e. The molecule has 1 saturated carbocycles. The highest BCUT2D eigenvalue weighted by molar-refractivity contribution is 6.03. The van der Waals surface area contributed by atoms with Crippen LogP contribution in [0.4, 0.5) is 0 Å². The van der Waals surface area contributed by atoms with Gasteiger partial charge in [0.15, 0.2) is 0 Å². The van der Waals surface area contributed by atoms with Crippen LogP contribution in [-0.2, 0) is 0 Å². The molecule has 3 rings (SSSR count). The summed E-state index contributed by atoms with van der Waals surface area (Å²) >= 11 is 0. The van der Waals surface area contributed by atoms with Crippen molar-refractivity contribution in [2.75, 3.05) is 0 Å². The standard InChI is InChI=1S/C12H11NO2/c14-12(15)8-2-1-3-10-9(8)6-11(13-10)7-4-5-7/h1-3,6-7,13H,4-5H2,(H,14,15). The zero-order valence-electron chi connectivity index (χ0n) is 8.16. The fraction of sp³-hybridized carbons (Fsp3) is 0.250. The van der Waals surface area contributed by atoms with Crippen LogP contribution in [0.3, 0.4) is 0 Å². The molecule has 0 spiro atoms. The van der Waals surface area contributed by atoms with Gasteiger partial charge < -0.3 is 10.1 Å². The lowest BCUT2D eigenvalue weighted by atomic mass is 10.1. The van der Waals surface area contributed by atoms with Gasteiger partial charge >= 0.3 is 5.97 Å². The first-order valence-corrected chi connectivity index (χ1v) is 5.10. The third-order valence-electron chi connectivity index (χ3n) is 2.93. The molecule has 0 unspecified atom stereocenters. The van der Waals surface area contributed by atoms with Gasteiger partial charge in [0.2, 0.25) is 0 Å². The van der Waals surface area contributed by atoms with Gasteiger partial charge in [0.25, 0.3) is 0 Å². The SMILES string of the molecule is O=C(O)c1cccc2[nH]c(C3CC3)cc12. The Morgan fingerprint density at radius 1 is 1.40 bits per heavy atom. The maximum atomic E-state index is 11.0. The molecule has 0 bridgehead atoms. The second-order valence-electron chi connectivity index (χ2n) is 4.07. The molecule has 1 fully saturated rings. The Kier molecular flexibility index (Phi) is 1.63. The summed E-state index contributed by atoms with van der Waals surface area (Å²) in [5.41, 5.74) is 2.49. The van der Waals surface area contributed by atoms with Gasteiger partial charge in [-0.25, -0.2) is 4.79 Å². The highest BCUT2D eigenvalue weighted by Crippen LogP contribution is 2.40. The Balaban J connectivity index is 2.23. The van der Waals surface area contributed by atoms with Gasteiger partial charge in [0.1, 0.15) is 0 Å². The van der Waals surface area contributed by atoms with Crippen molar-refractivity contribution in [3.05, 3.63) is 35.5 Å². The van der Waals surface area contributed by atoms with E-state index in [2.05, 4.69) is 4.98 Å². The summed E-state index contributed by atoms with van der Waals surface area (Å²) in [6, 6.07) is 7.33. The van der Waals surface area contributed by atoms with E-state index in [-0.39, 0.29) is 0 Å². The Morgan fingerprint density at radius 2 is 2.20 bits per heavy atom. The quantitative estimate of drug-likeness (QED) is 0.784. The minimum absolute atomic E-state index is 0.385. The van der Waals surface area contributed by atoms with Crippen molar-refractivity contribution in [2.45, 2.75) is 18.8 Å². The molecule has 1 aromatic carbocycles. The number of H-pyrrole nitrogens is 1. The van der Waals surface area contributed by atoms with Crippen molar-refractivity contribution in [2.24, 2.45) is 0 Å². The number of aromatic carboxylic acids is 1. The smallest absolute Gasteiger partial charge is 0.336 e. The van der Waals surface area contributed by atoms with Crippen LogP contribution >= 0.6 is 0 Å². The van der Waals surface area contributed by atoms with E-state index >= 15 is 0 Å². The van der Waals surface area contributed by atoms with Crippen molar-refractivity contribution in [1.29, 1.82) is 0 Å². The summed E-state index contributed by atoms with van der Waals surface area (Å²) in [6.45, 7) is 0. The maximum absolute atomic E-state index is 11.0. The molecule has 0 amide bonds. The first-order valence-electron chi connectivity index (χ1n) is 5.10. The molecule has 0 radical (unpaired) electrons. The number of carboxylic acid groups (broad SMARTS) is 1. The van der Waals surface area contributed by atoms with Gasteiger partial charge in [-0.3, -0.25) is 0 Å². The average molecular weight is 201 g/mol. The number of carbonyl (C=O) groups is 1. The molecule has 15 heavy (non-hydrogen) atoms. The molecular formula is C12H11NO2. The third-order valence-corrected chi connectivity index (χ3v) is 2.93. The van der Waals surface area contributed by atoms with Crippen LogP contribution in [0.5, 0.6) is 0 Å². The van der Waals surface area contributed by atoms with Gasteiger partial charge in [-0.1, -0.05) is 6.07 Å². The predicted octanol–water partition coefficient (Wildman–Crippen LogP) is 2.74. The first-order chi connectivity index (χ1) is 7.25. The third kappa shape index (κ3) is 1.31. The second kappa shape index (κ2) is 2.86. The number of hydrogen-bond donors (Lipinski definition) is 2. The summed E-state index contributed by atoms with van der Waals surface area (Å²) in [7, 11) is 0. The van der Waals surface area contributed by atoms with Crippen LogP contribution in [0.25, 0.3) is 10.9 Å². The number of aromatic amines is 1. The van der Waals surface area contributed by atoms with E-state index in [1.54, 1.807) is 12.1 Å². The lowest BCUT2D eigenvalue weighted by molar-refractivity contribution is 0.0699. The van der Waals surface area contributed by atoms with E-state index in [0.717, 1.165) is 10.9 Å². The molecule has 2 N–H and O–H groups in total. The number of nitrogens with one attached hydrogen (secondary N) is 1. The van der Waals surface area contributed by atoms with E-state index < -0.39 is 5.97 Å². The van der Waals surface area contributed by atoms with Crippen molar-refractivity contribution >= 4 is 16.9 Å². The molecule has 0 aliphatic heterocycles. The van der Waals surface area contributed by atoms with Gasteiger partial charge in [0, 0.05) is 16.6 Å². The van der Waals surface area contributed by atoms with Crippen LogP contribution in [0.1, 0.15) is 34.8 Å². The van der Waals surface area contributed by atoms with Crippen LogP contribution in [-0.4, -0.2) is 16.1 Å². The number of aromatic nitrogens is 1. The highest BCUT2D eigenvalue weighted by Gasteiger charge is 2.25. The summed E-state index contributed by atoms with van der Waals surface area (Å²) in [5.74, 6) is -0.235. The fourth-order valence-corrected chi connectivity index (χ4v) is 1.98. The molecular weight excluding hydrogens is 190 g/mol. The van der Waals surface area contributed by atoms with Crippen molar-refractivity contribution in [3.63, 3.8) is 0 Å². The number of benzene rings is 1. The number of fused-ring (bicyclic) bond motifs is 1. The van der Waals surface area contributed by atoms with Gasteiger partial charge in [0.05, 0.1) is 5.56 Å². The molecule has 2 aromatic rings. The highest BCUT2D eigenvalue weighted by atomic mass is 16.4. The second-order valence-corrected chi connectivity index (χ2v) is 4.07. The molecule has 1 heterocycles. The van der Waals surface area contributed by atoms with Crippen molar-refractivity contribution in [1.82, 2.24) is 4.98 Å². The number of hydrogen-bond acceptors (Lipinski definition) is 1. The molecule has 3 heteroatoms. The average Bonchev–Trinajstić information content (AvgIpc) is 2.96. The molecule has 0 atom stereocenters. The normalized spacial score (nSPS) is 15.7. The van der Waals surface area contributed by atoms with Crippen molar-refractivity contribution < 1.29 is 9.90 Å². The van der Waals surface area contributed by atoms with E-state index in [4.69, 9.17) is 5.11 Å². The zero-order chi connectivity index (χ0) is 10.4. The van der Waals surface area contributed by atoms with Crippen molar-refractivity contribution in [3.8, 4) is 0 Å². The van der Waals surface area contributed by atoms with E-state index in [9.17, 15) is 4.79 Å². The van der Waals surface area contributed by atoms with E-state index in [1.807, 2.05) is 12.1 Å². The molecule has 0 saturated heterocycles. The van der Waals surface area contributed by atoms with E-state index in [0.29, 0.717) is 11.5 Å².